The van der Waals surface area contributed by atoms with E-state index in [1.165, 1.54) is 0 Å². The predicted octanol–water partition coefficient (Wildman–Crippen LogP) is 3.45. The van der Waals surface area contributed by atoms with Gasteiger partial charge in [0.25, 0.3) is 5.91 Å². The van der Waals surface area contributed by atoms with Crippen molar-refractivity contribution in [2.75, 3.05) is 18.5 Å². The summed E-state index contributed by atoms with van der Waals surface area (Å²) in [5.74, 6) is 0.0661. The van der Waals surface area contributed by atoms with Crippen LogP contribution in [0.15, 0.2) is 46.9 Å². The lowest BCUT2D eigenvalue weighted by Gasteiger charge is -2.11. The first-order valence-corrected chi connectivity index (χ1v) is 8.82. The number of hydrogen-bond donors (Lipinski definition) is 2. The molecule has 0 bridgehead atoms. The fourth-order valence-electron chi connectivity index (χ4n) is 2.27. The number of halogens is 1. The molecule has 0 atom stereocenters. The van der Waals surface area contributed by atoms with Crippen LogP contribution in [0.25, 0.3) is 0 Å². The van der Waals surface area contributed by atoms with Gasteiger partial charge in [-0.25, -0.2) is 0 Å². The van der Waals surface area contributed by atoms with E-state index in [1.807, 2.05) is 56.3 Å². The Labute approximate surface area is 155 Å². The normalized spacial score (nSPS) is 10.2. The highest BCUT2D eigenvalue weighted by atomic mass is 79.9. The van der Waals surface area contributed by atoms with Gasteiger partial charge in [0.15, 0.2) is 6.61 Å². The maximum atomic E-state index is 12.0. The van der Waals surface area contributed by atoms with Crippen LogP contribution in [0.3, 0.4) is 0 Å². The SMILES string of the molecule is CCc1ccccc1OCC(=O)NCC(=O)Nc1ccc(Br)cc1C. The van der Waals surface area contributed by atoms with Gasteiger partial charge in [0.05, 0.1) is 6.54 Å². The van der Waals surface area contributed by atoms with Crippen LogP contribution in [0.5, 0.6) is 5.75 Å². The third kappa shape index (κ3) is 5.90. The van der Waals surface area contributed by atoms with Gasteiger partial charge in [-0.15, -0.1) is 0 Å². The monoisotopic (exact) mass is 404 g/mol. The molecule has 25 heavy (non-hydrogen) atoms. The van der Waals surface area contributed by atoms with Gasteiger partial charge in [0.1, 0.15) is 5.75 Å². The van der Waals surface area contributed by atoms with Gasteiger partial charge in [-0.1, -0.05) is 41.1 Å². The summed E-state index contributed by atoms with van der Waals surface area (Å²) in [6.45, 7) is 3.70. The summed E-state index contributed by atoms with van der Waals surface area (Å²) in [6.07, 6.45) is 0.826. The van der Waals surface area contributed by atoms with E-state index in [-0.39, 0.29) is 25.0 Å². The van der Waals surface area contributed by atoms with E-state index in [2.05, 4.69) is 26.6 Å². The number of ether oxygens (including phenoxy) is 1. The van der Waals surface area contributed by atoms with Gasteiger partial charge in [-0.2, -0.15) is 0 Å². The highest BCUT2D eigenvalue weighted by Gasteiger charge is 2.09. The maximum Gasteiger partial charge on any atom is 0.258 e. The lowest BCUT2D eigenvalue weighted by molar-refractivity contribution is -0.125. The van der Waals surface area contributed by atoms with E-state index in [9.17, 15) is 9.59 Å². The highest BCUT2D eigenvalue weighted by Crippen LogP contribution is 2.20. The molecule has 0 radical (unpaired) electrons. The molecule has 2 amide bonds. The van der Waals surface area contributed by atoms with E-state index in [0.29, 0.717) is 5.75 Å². The molecule has 132 valence electrons. The number of amides is 2. The van der Waals surface area contributed by atoms with E-state index >= 15 is 0 Å². The molecular weight excluding hydrogens is 384 g/mol. The minimum Gasteiger partial charge on any atom is -0.483 e. The van der Waals surface area contributed by atoms with Crippen LogP contribution in [-0.4, -0.2) is 25.0 Å². The number of carbonyl (C=O) groups is 2. The van der Waals surface area contributed by atoms with Crippen LogP contribution in [0, 0.1) is 6.92 Å². The van der Waals surface area contributed by atoms with Gasteiger partial charge in [0, 0.05) is 10.2 Å². The zero-order valence-electron chi connectivity index (χ0n) is 14.3. The van der Waals surface area contributed by atoms with Crippen molar-refractivity contribution in [2.45, 2.75) is 20.3 Å². The van der Waals surface area contributed by atoms with Crippen LogP contribution in [0.1, 0.15) is 18.1 Å². The zero-order valence-corrected chi connectivity index (χ0v) is 15.9. The second kappa shape index (κ2) is 9.22. The summed E-state index contributed by atoms with van der Waals surface area (Å²) in [4.78, 5) is 23.8. The van der Waals surface area contributed by atoms with E-state index < -0.39 is 0 Å². The van der Waals surface area contributed by atoms with Crippen LogP contribution in [-0.2, 0) is 16.0 Å². The molecular formula is C19H21BrN2O3. The predicted molar refractivity (Wildman–Crippen MR) is 102 cm³/mol. The third-order valence-electron chi connectivity index (χ3n) is 3.62. The number of hydrogen-bond acceptors (Lipinski definition) is 3. The van der Waals surface area contributed by atoms with E-state index in [4.69, 9.17) is 4.74 Å². The van der Waals surface area contributed by atoms with Crippen LogP contribution in [0.2, 0.25) is 0 Å². The van der Waals surface area contributed by atoms with Gasteiger partial charge in [0.2, 0.25) is 5.91 Å². The van der Waals surface area contributed by atoms with Crippen molar-refractivity contribution in [3.8, 4) is 5.75 Å². The maximum absolute atomic E-state index is 12.0. The van der Waals surface area contributed by atoms with E-state index in [0.717, 1.165) is 27.7 Å². The smallest absolute Gasteiger partial charge is 0.258 e. The average molecular weight is 405 g/mol. The molecule has 2 N–H and O–H groups in total. The summed E-state index contributed by atoms with van der Waals surface area (Å²) < 4.78 is 6.47. The Balaban J connectivity index is 1.78. The molecule has 2 rings (SSSR count). The first-order chi connectivity index (χ1) is 12.0. The standard InChI is InChI=1S/C19H21BrN2O3/c1-3-14-6-4-5-7-17(14)25-12-19(24)21-11-18(23)22-16-9-8-15(20)10-13(16)2/h4-10H,3,11-12H2,1-2H3,(H,21,24)(H,22,23). The van der Waals surface area contributed by atoms with Crippen LogP contribution >= 0.6 is 15.9 Å². The van der Waals surface area contributed by atoms with Crippen molar-refractivity contribution in [3.63, 3.8) is 0 Å². The summed E-state index contributed by atoms with van der Waals surface area (Å²) in [5.41, 5.74) is 2.70. The van der Waals surface area contributed by atoms with Crippen molar-refractivity contribution in [3.05, 3.63) is 58.1 Å². The van der Waals surface area contributed by atoms with Crippen molar-refractivity contribution in [1.82, 2.24) is 5.32 Å². The first kappa shape index (κ1) is 19.0. The molecule has 5 nitrogen and oxygen atoms in total. The Bertz CT molecular complexity index is 762. The molecule has 0 aliphatic rings. The summed E-state index contributed by atoms with van der Waals surface area (Å²) in [5, 5.41) is 5.33. The molecule has 0 saturated heterocycles. The topological polar surface area (TPSA) is 67.4 Å². The Hall–Kier alpha value is -2.34. The van der Waals surface area contributed by atoms with Crippen molar-refractivity contribution in [1.29, 1.82) is 0 Å². The molecule has 0 unspecified atom stereocenters. The largest absolute Gasteiger partial charge is 0.483 e. The number of aryl methyl sites for hydroxylation is 2. The quantitative estimate of drug-likeness (QED) is 0.742. The second-order valence-corrected chi connectivity index (χ2v) is 6.45. The lowest BCUT2D eigenvalue weighted by atomic mass is 10.1. The molecule has 0 heterocycles. The number of carbonyl (C=O) groups excluding carboxylic acids is 2. The molecule has 2 aromatic carbocycles. The number of anilines is 1. The van der Waals surface area contributed by atoms with Gasteiger partial charge >= 0.3 is 0 Å². The Morgan fingerprint density at radius 1 is 1.12 bits per heavy atom. The van der Waals surface area contributed by atoms with Crippen LogP contribution in [0.4, 0.5) is 5.69 Å². The molecule has 0 saturated carbocycles. The van der Waals surface area contributed by atoms with E-state index in [1.54, 1.807) is 0 Å². The summed E-state index contributed by atoms with van der Waals surface area (Å²) >= 11 is 3.38. The number of rotatable bonds is 7. The van der Waals surface area contributed by atoms with Crippen LogP contribution < -0.4 is 15.4 Å². The minimum absolute atomic E-state index is 0.104. The average Bonchev–Trinajstić information content (AvgIpc) is 2.60. The van der Waals surface area contributed by atoms with Crippen molar-refractivity contribution < 1.29 is 14.3 Å². The molecule has 2 aromatic rings. The molecule has 0 aromatic heterocycles. The Kier molecular flexibility index (Phi) is 7.01. The second-order valence-electron chi connectivity index (χ2n) is 5.53. The Morgan fingerprint density at radius 3 is 2.60 bits per heavy atom. The zero-order chi connectivity index (χ0) is 18.2. The van der Waals surface area contributed by atoms with Crippen molar-refractivity contribution in [2.24, 2.45) is 0 Å². The number of nitrogens with one attached hydrogen (secondary N) is 2. The molecule has 0 fully saturated rings. The summed E-state index contributed by atoms with van der Waals surface area (Å²) in [7, 11) is 0. The summed E-state index contributed by atoms with van der Waals surface area (Å²) in [6, 6.07) is 13.1. The van der Waals surface area contributed by atoms with Crippen molar-refractivity contribution >= 4 is 33.4 Å². The number of para-hydroxylation sites is 1. The fraction of sp³-hybridized carbons (Fsp3) is 0.263. The third-order valence-corrected chi connectivity index (χ3v) is 4.11. The molecule has 6 heteroatoms. The first-order valence-electron chi connectivity index (χ1n) is 8.03. The van der Waals surface area contributed by atoms with Gasteiger partial charge in [-0.05, 0) is 48.7 Å². The lowest BCUT2D eigenvalue weighted by Crippen LogP contribution is -2.35. The highest BCUT2D eigenvalue weighted by molar-refractivity contribution is 9.10. The van der Waals surface area contributed by atoms with Gasteiger partial charge < -0.3 is 15.4 Å². The Morgan fingerprint density at radius 2 is 1.88 bits per heavy atom. The molecule has 0 spiro atoms. The van der Waals surface area contributed by atoms with Gasteiger partial charge in [-0.3, -0.25) is 9.59 Å². The molecule has 0 aliphatic heterocycles. The number of benzene rings is 2. The molecule has 0 aliphatic carbocycles. The fourth-order valence-corrected chi connectivity index (χ4v) is 2.75. The minimum atomic E-state index is -0.339.